The van der Waals surface area contributed by atoms with Gasteiger partial charge < -0.3 is 0 Å². The average molecular weight is 292 g/mol. The molecule has 0 aromatic heterocycles. The molecule has 0 aromatic rings. The molecule has 2 N–H and O–H groups in total. The molecule has 0 amide bonds. The fourth-order valence-electron chi connectivity index (χ4n) is 1.12. The van der Waals surface area contributed by atoms with Gasteiger partial charge in [0.1, 0.15) is 0 Å². The van der Waals surface area contributed by atoms with Gasteiger partial charge >= 0.3 is 92.0 Å². The number of hydrogen-bond donors (Lipinski definition) is 1. The summed E-state index contributed by atoms with van der Waals surface area (Å²) in [4.78, 5) is 0. The van der Waals surface area contributed by atoms with E-state index in [-0.39, 0.29) is 21.1 Å². The Balaban J connectivity index is 3.13. The van der Waals surface area contributed by atoms with Crippen LogP contribution in [0, 0.1) is 0 Å². The number of thiocarbonyl (C=S) groups is 1. The van der Waals surface area contributed by atoms with Crippen molar-refractivity contribution in [3.63, 3.8) is 0 Å². The minimum atomic E-state index is -0.293. The summed E-state index contributed by atoms with van der Waals surface area (Å²) >= 11 is 4.59. The Bertz CT molecular complexity index is 117. The van der Waals surface area contributed by atoms with E-state index >= 15 is 0 Å². The third kappa shape index (κ3) is 8.94. The summed E-state index contributed by atoms with van der Waals surface area (Å²) in [6.07, 6.45) is 5.17. The summed E-state index contributed by atoms with van der Waals surface area (Å²) in [5.41, 5.74) is 5.66. The van der Waals surface area contributed by atoms with Crippen molar-refractivity contribution in [2.45, 2.75) is 49.5 Å². The Morgan fingerprint density at radius 3 is 2.42 bits per heavy atom. The van der Waals surface area contributed by atoms with Crippen molar-refractivity contribution in [3.8, 4) is 0 Å². The molecular weight excluding hydrogens is 273 g/mol. The van der Waals surface area contributed by atoms with Gasteiger partial charge in [-0.2, -0.15) is 0 Å². The second-order valence-corrected chi connectivity index (χ2v) is 9.47. The zero-order chi connectivity index (χ0) is 9.40. The van der Waals surface area contributed by atoms with E-state index in [9.17, 15) is 0 Å². The van der Waals surface area contributed by atoms with E-state index in [0.29, 0.717) is 6.04 Å². The van der Waals surface area contributed by atoms with Crippen molar-refractivity contribution in [3.05, 3.63) is 0 Å². The van der Waals surface area contributed by atoms with Crippen LogP contribution in [0.4, 0.5) is 0 Å². The fraction of sp³-hybridized carbons (Fsp3) is 0.889. The third-order valence-electron chi connectivity index (χ3n) is 1.90. The van der Waals surface area contributed by atoms with Crippen molar-refractivity contribution in [2.75, 3.05) is 0 Å². The quantitative estimate of drug-likeness (QED) is 0.443. The molecule has 0 aromatic carbocycles. The van der Waals surface area contributed by atoms with E-state index in [1.165, 1.54) is 25.7 Å². The van der Waals surface area contributed by atoms with E-state index < -0.39 is 0 Å². The molecule has 12 heavy (non-hydrogen) atoms. The predicted molar refractivity (Wildman–Crippen MR) is 61.0 cm³/mol. The average Bonchev–Trinajstić information content (AvgIpc) is 1.98. The molecule has 2 atom stereocenters. The molecule has 0 spiro atoms. The molecule has 1 nitrogen and oxygen atoms in total. The van der Waals surface area contributed by atoms with Crippen LogP contribution in [-0.2, 0) is 0 Å². The first kappa shape index (κ1) is 12.8. The molecule has 0 bridgehead atoms. The van der Waals surface area contributed by atoms with Gasteiger partial charge in [0.25, 0.3) is 0 Å². The number of unbranched alkanes of at least 4 members (excludes halogenated alkanes) is 1. The Morgan fingerprint density at radius 2 is 1.92 bits per heavy atom. The van der Waals surface area contributed by atoms with Crippen LogP contribution in [-0.4, -0.2) is 30.6 Å². The van der Waals surface area contributed by atoms with Crippen LogP contribution >= 0.6 is 12.2 Å². The van der Waals surface area contributed by atoms with Crippen molar-refractivity contribution < 1.29 is 0 Å². The van der Waals surface area contributed by atoms with Gasteiger partial charge in [0.05, 0.1) is 0 Å². The molecule has 0 aliphatic heterocycles. The van der Waals surface area contributed by atoms with Gasteiger partial charge in [0.2, 0.25) is 0 Å². The standard InChI is InChI=1S/C8H18N.CHS.Sn/c1-3-4-5-6-7-8(2)9;1-2;/h3,8H,4-7,9H2,1-2H3;1H;/q;;+2. The van der Waals surface area contributed by atoms with Crippen molar-refractivity contribution in [1.82, 2.24) is 0 Å². The summed E-state index contributed by atoms with van der Waals surface area (Å²) in [6, 6.07) is 0.380. The van der Waals surface area contributed by atoms with Gasteiger partial charge in [-0.05, 0) is 0 Å². The van der Waals surface area contributed by atoms with Crippen LogP contribution in [0.3, 0.4) is 0 Å². The molecule has 2 unspecified atom stereocenters. The first-order chi connectivity index (χ1) is 5.66. The molecule has 0 heterocycles. The Kier molecular flexibility index (Phi) is 9.04. The van der Waals surface area contributed by atoms with Crippen LogP contribution in [0.25, 0.3) is 0 Å². The van der Waals surface area contributed by atoms with Gasteiger partial charge in [0.15, 0.2) is 0 Å². The molecule has 0 aliphatic carbocycles. The van der Waals surface area contributed by atoms with E-state index in [2.05, 4.69) is 13.8 Å². The zero-order valence-electron chi connectivity index (χ0n) is 8.05. The molecule has 68 valence electrons. The van der Waals surface area contributed by atoms with Crippen molar-refractivity contribution in [2.24, 2.45) is 5.73 Å². The Labute approximate surface area is 91.7 Å². The number of hydrogen-bond acceptors (Lipinski definition) is 2. The van der Waals surface area contributed by atoms with Gasteiger partial charge in [0, 0.05) is 0 Å². The van der Waals surface area contributed by atoms with Gasteiger partial charge in [-0.25, -0.2) is 0 Å². The number of nitrogens with two attached hydrogens (primary N) is 1. The SMILES string of the molecule is CC(N)CCCC[CH](C)[Sn+2][CH]=S. The maximum atomic E-state index is 5.66. The summed E-state index contributed by atoms with van der Waals surface area (Å²) in [7, 11) is 0. The summed E-state index contributed by atoms with van der Waals surface area (Å²) in [6.45, 7) is 4.41. The first-order valence-corrected chi connectivity index (χ1v) is 8.38. The summed E-state index contributed by atoms with van der Waals surface area (Å²) in [5, 5.41) is 0. The molecule has 0 aliphatic rings. The zero-order valence-corrected chi connectivity index (χ0v) is 11.7. The minimum absolute atomic E-state index is 0.293. The molecule has 0 saturated heterocycles. The van der Waals surface area contributed by atoms with Gasteiger partial charge in [-0.3, -0.25) is 0 Å². The van der Waals surface area contributed by atoms with E-state index in [4.69, 9.17) is 18.0 Å². The van der Waals surface area contributed by atoms with Crippen LogP contribution in [0.1, 0.15) is 39.5 Å². The summed E-state index contributed by atoms with van der Waals surface area (Å²) in [5.74, 6) is 0. The maximum absolute atomic E-state index is 5.66. The second kappa shape index (κ2) is 8.45. The van der Waals surface area contributed by atoms with E-state index in [0.717, 1.165) is 3.93 Å². The second-order valence-electron chi connectivity index (χ2n) is 3.45. The Hall–Kier alpha value is 0.849. The molecule has 0 radical (unpaired) electrons. The predicted octanol–water partition coefficient (Wildman–Crippen LogP) is 2.36. The molecule has 3 heteroatoms. The monoisotopic (exact) mass is 293 g/mol. The van der Waals surface area contributed by atoms with Crippen LogP contribution in [0.5, 0.6) is 0 Å². The van der Waals surface area contributed by atoms with Crippen LogP contribution in [0.2, 0.25) is 3.93 Å². The van der Waals surface area contributed by atoms with Crippen molar-refractivity contribution >= 4 is 36.7 Å². The van der Waals surface area contributed by atoms with Gasteiger partial charge in [-0.1, -0.05) is 0 Å². The number of rotatable bonds is 7. The summed E-state index contributed by atoms with van der Waals surface area (Å²) < 4.78 is 2.94. The van der Waals surface area contributed by atoms with Crippen LogP contribution < -0.4 is 5.73 Å². The molecular formula is C9H19NSSn+2. The van der Waals surface area contributed by atoms with Crippen molar-refractivity contribution in [1.29, 1.82) is 0 Å². The molecule has 0 rings (SSSR count). The molecule has 0 fully saturated rings. The normalized spacial score (nSPS) is 14.9. The first-order valence-electron chi connectivity index (χ1n) is 4.62. The van der Waals surface area contributed by atoms with E-state index in [1.807, 2.05) is 3.38 Å². The fourth-order valence-corrected chi connectivity index (χ4v) is 4.40. The molecule has 0 saturated carbocycles. The topological polar surface area (TPSA) is 26.0 Å². The van der Waals surface area contributed by atoms with Crippen LogP contribution in [0.15, 0.2) is 0 Å². The Morgan fingerprint density at radius 1 is 1.33 bits per heavy atom. The van der Waals surface area contributed by atoms with E-state index in [1.54, 1.807) is 0 Å². The third-order valence-corrected chi connectivity index (χ3v) is 5.65. The van der Waals surface area contributed by atoms with Gasteiger partial charge in [-0.15, -0.1) is 0 Å².